The van der Waals surface area contributed by atoms with Crippen LogP contribution in [0.25, 0.3) is 0 Å². The van der Waals surface area contributed by atoms with Gasteiger partial charge in [0.2, 0.25) is 5.82 Å². The van der Waals surface area contributed by atoms with Crippen LogP contribution >= 0.6 is 0 Å². The van der Waals surface area contributed by atoms with E-state index in [0.717, 1.165) is 19.3 Å². The number of nitrogen functional groups attached to an aromatic ring is 1. The Morgan fingerprint density at radius 1 is 1.00 bits per heavy atom. The number of hydrogen-bond donors (Lipinski definition) is 1. The van der Waals surface area contributed by atoms with Crippen LogP contribution in [0.15, 0.2) is 0 Å². The van der Waals surface area contributed by atoms with E-state index in [1.54, 1.807) is 4.90 Å². The quantitative estimate of drug-likeness (QED) is 0.752. The topological polar surface area (TPSA) is 42.1 Å². The van der Waals surface area contributed by atoms with Gasteiger partial charge in [0.15, 0.2) is 11.6 Å². The van der Waals surface area contributed by atoms with Gasteiger partial charge in [0.05, 0.1) is 0 Å². The molecule has 16 heavy (non-hydrogen) atoms. The fourth-order valence-electron chi connectivity index (χ4n) is 1.83. The van der Waals surface area contributed by atoms with E-state index in [1.807, 2.05) is 0 Å². The standard InChI is InChI=1S/C10H12F3N3/c11-6-8(14)7(12)10(15-9(6)13)16-4-2-1-3-5-16/h1-5H2,(H2,14,15). The fourth-order valence-corrected chi connectivity index (χ4v) is 1.83. The minimum Gasteiger partial charge on any atom is -0.394 e. The Bertz CT molecular complexity index is 403. The first kappa shape index (κ1) is 11.0. The number of piperidine rings is 1. The van der Waals surface area contributed by atoms with Crippen LogP contribution in [-0.4, -0.2) is 18.1 Å². The molecule has 88 valence electrons. The molecule has 1 aliphatic heterocycles. The van der Waals surface area contributed by atoms with Crippen molar-refractivity contribution in [1.82, 2.24) is 4.98 Å². The second-order valence-electron chi connectivity index (χ2n) is 3.82. The Morgan fingerprint density at radius 2 is 1.62 bits per heavy atom. The molecule has 0 aromatic carbocycles. The lowest BCUT2D eigenvalue weighted by Crippen LogP contribution is -2.31. The van der Waals surface area contributed by atoms with Gasteiger partial charge in [-0.2, -0.15) is 13.8 Å². The molecule has 2 rings (SSSR count). The zero-order chi connectivity index (χ0) is 11.7. The first-order chi connectivity index (χ1) is 7.61. The Hall–Kier alpha value is -1.46. The molecular formula is C10H12F3N3. The van der Waals surface area contributed by atoms with E-state index in [1.165, 1.54) is 0 Å². The normalized spacial score (nSPS) is 16.6. The van der Waals surface area contributed by atoms with Crippen LogP contribution in [0.4, 0.5) is 24.7 Å². The molecule has 2 heterocycles. The number of rotatable bonds is 1. The SMILES string of the molecule is Nc1c(F)c(F)nc(N2CCCCC2)c1F. The van der Waals surface area contributed by atoms with E-state index in [-0.39, 0.29) is 5.82 Å². The van der Waals surface area contributed by atoms with Gasteiger partial charge >= 0.3 is 0 Å². The van der Waals surface area contributed by atoms with Crippen molar-refractivity contribution in [2.24, 2.45) is 0 Å². The molecule has 0 bridgehead atoms. The van der Waals surface area contributed by atoms with Crippen molar-refractivity contribution in [3.05, 3.63) is 17.6 Å². The van der Waals surface area contributed by atoms with Gasteiger partial charge in [-0.3, -0.25) is 0 Å². The third-order valence-corrected chi connectivity index (χ3v) is 2.71. The molecule has 0 radical (unpaired) electrons. The molecule has 6 heteroatoms. The molecular weight excluding hydrogens is 219 g/mol. The maximum Gasteiger partial charge on any atom is 0.253 e. The maximum atomic E-state index is 13.6. The van der Waals surface area contributed by atoms with Gasteiger partial charge in [0, 0.05) is 13.1 Å². The van der Waals surface area contributed by atoms with Crippen molar-refractivity contribution in [3.63, 3.8) is 0 Å². The highest BCUT2D eigenvalue weighted by atomic mass is 19.2. The highest BCUT2D eigenvalue weighted by molar-refractivity contribution is 5.53. The minimum absolute atomic E-state index is 0.184. The van der Waals surface area contributed by atoms with Gasteiger partial charge in [-0.25, -0.2) is 4.39 Å². The number of aromatic nitrogens is 1. The predicted molar refractivity (Wildman–Crippen MR) is 54.6 cm³/mol. The van der Waals surface area contributed by atoms with Crippen LogP contribution in [0.3, 0.4) is 0 Å². The number of pyridine rings is 1. The number of nitrogens with two attached hydrogens (primary N) is 1. The molecule has 0 atom stereocenters. The molecule has 0 aliphatic carbocycles. The number of anilines is 2. The molecule has 1 aliphatic rings. The fraction of sp³-hybridized carbons (Fsp3) is 0.500. The minimum atomic E-state index is -1.42. The molecule has 0 spiro atoms. The lowest BCUT2D eigenvalue weighted by molar-refractivity contribution is 0.463. The molecule has 1 saturated heterocycles. The molecule has 1 aromatic heterocycles. The monoisotopic (exact) mass is 231 g/mol. The highest BCUT2D eigenvalue weighted by Gasteiger charge is 2.23. The van der Waals surface area contributed by atoms with Crippen LogP contribution in [0, 0.1) is 17.6 Å². The van der Waals surface area contributed by atoms with Crippen molar-refractivity contribution in [2.75, 3.05) is 23.7 Å². The van der Waals surface area contributed by atoms with E-state index in [9.17, 15) is 13.2 Å². The van der Waals surface area contributed by atoms with Gasteiger partial charge < -0.3 is 10.6 Å². The van der Waals surface area contributed by atoms with Crippen molar-refractivity contribution in [3.8, 4) is 0 Å². The van der Waals surface area contributed by atoms with Crippen LogP contribution in [0.1, 0.15) is 19.3 Å². The summed E-state index contributed by atoms with van der Waals surface area (Å²) in [5, 5.41) is 0. The van der Waals surface area contributed by atoms with E-state index < -0.39 is 23.3 Å². The van der Waals surface area contributed by atoms with Crippen LogP contribution < -0.4 is 10.6 Å². The summed E-state index contributed by atoms with van der Waals surface area (Å²) in [5.74, 6) is -3.92. The third kappa shape index (κ3) is 1.79. The Labute approximate surface area is 91.1 Å². The lowest BCUT2D eigenvalue weighted by atomic mass is 10.1. The molecule has 2 N–H and O–H groups in total. The van der Waals surface area contributed by atoms with Gasteiger partial charge in [0.1, 0.15) is 5.69 Å². The molecule has 0 saturated carbocycles. The van der Waals surface area contributed by atoms with Gasteiger partial charge in [-0.05, 0) is 19.3 Å². The lowest BCUT2D eigenvalue weighted by Gasteiger charge is -2.28. The maximum absolute atomic E-state index is 13.6. The van der Waals surface area contributed by atoms with E-state index in [0.29, 0.717) is 13.1 Å². The largest absolute Gasteiger partial charge is 0.394 e. The Morgan fingerprint density at radius 3 is 2.25 bits per heavy atom. The molecule has 3 nitrogen and oxygen atoms in total. The van der Waals surface area contributed by atoms with Crippen LogP contribution in [0.5, 0.6) is 0 Å². The molecule has 0 amide bonds. The van der Waals surface area contributed by atoms with E-state index in [4.69, 9.17) is 5.73 Å². The van der Waals surface area contributed by atoms with Gasteiger partial charge in [0.25, 0.3) is 5.95 Å². The summed E-state index contributed by atoms with van der Waals surface area (Å²) in [7, 11) is 0. The molecule has 1 aromatic rings. The first-order valence-corrected chi connectivity index (χ1v) is 5.16. The first-order valence-electron chi connectivity index (χ1n) is 5.16. The van der Waals surface area contributed by atoms with Crippen molar-refractivity contribution >= 4 is 11.5 Å². The van der Waals surface area contributed by atoms with E-state index in [2.05, 4.69) is 4.98 Å². The Kier molecular flexibility index (Phi) is 2.89. The highest BCUT2D eigenvalue weighted by Crippen LogP contribution is 2.27. The van der Waals surface area contributed by atoms with Gasteiger partial charge in [-0.15, -0.1) is 0 Å². The zero-order valence-electron chi connectivity index (χ0n) is 8.64. The third-order valence-electron chi connectivity index (χ3n) is 2.71. The smallest absolute Gasteiger partial charge is 0.253 e. The number of halogens is 3. The van der Waals surface area contributed by atoms with Crippen LogP contribution in [-0.2, 0) is 0 Å². The average Bonchev–Trinajstić information content (AvgIpc) is 2.32. The second kappa shape index (κ2) is 4.19. The summed E-state index contributed by atoms with van der Waals surface area (Å²) in [6, 6.07) is 0. The van der Waals surface area contributed by atoms with Crippen molar-refractivity contribution < 1.29 is 13.2 Å². The Balaban J connectivity index is 2.40. The molecule has 0 unspecified atom stereocenters. The molecule has 1 fully saturated rings. The predicted octanol–water partition coefficient (Wildman–Crippen LogP) is 2.07. The zero-order valence-corrected chi connectivity index (χ0v) is 8.64. The second-order valence-corrected chi connectivity index (χ2v) is 3.82. The average molecular weight is 231 g/mol. The van der Waals surface area contributed by atoms with E-state index >= 15 is 0 Å². The summed E-state index contributed by atoms with van der Waals surface area (Å²) in [4.78, 5) is 4.88. The van der Waals surface area contributed by atoms with Crippen LogP contribution in [0.2, 0.25) is 0 Å². The van der Waals surface area contributed by atoms with Crippen molar-refractivity contribution in [1.29, 1.82) is 0 Å². The number of nitrogens with zero attached hydrogens (tertiary/aromatic N) is 2. The number of hydrogen-bond acceptors (Lipinski definition) is 3. The summed E-state index contributed by atoms with van der Waals surface area (Å²) >= 11 is 0. The van der Waals surface area contributed by atoms with Crippen molar-refractivity contribution in [2.45, 2.75) is 19.3 Å². The summed E-state index contributed by atoms with van der Waals surface area (Å²) < 4.78 is 39.5. The summed E-state index contributed by atoms with van der Waals surface area (Å²) in [6.45, 7) is 1.18. The van der Waals surface area contributed by atoms with Gasteiger partial charge in [-0.1, -0.05) is 0 Å². The summed E-state index contributed by atoms with van der Waals surface area (Å²) in [6.07, 6.45) is 2.83. The summed E-state index contributed by atoms with van der Waals surface area (Å²) in [5.41, 5.74) is 4.34.